The van der Waals surface area contributed by atoms with Gasteiger partial charge in [-0.2, -0.15) is 0 Å². The first-order valence-electron chi connectivity index (χ1n) is 8.02. The van der Waals surface area contributed by atoms with Gasteiger partial charge in [-0.3, -0.25) is 14.5 Å². The van der Waals surface area contributed by atoms with Crippen LogP contribution in [0.2, 0.25) is 0 Å². The average molecular weight is 351 g/mol. The number of carbonyl (C=O) groups excluding carboxylic acids is 3. The number of methoxy groups -OCH3 is 1. The molecular weight excluding hydrogens is 329 g/mol. The molecule has 0 aromatic heterocycles. The number of hydrogen-bond acceptors (Lipinski definition) is 4. The summed E-state index contributed by atoms with van der Waals surface area (Å²) < 4.78 is 18.1. The minimum absolute atomic E-state index is 0.244. The summed E-state index contributed by atoms with van der Waals surface area (Å²) >= 11 is 0. The molecule has 2 atom stereocenters. The first-order valence-corrected chi connectivity index (χ1v) is 8.02. The van der Waals surface area contributed by atoms with Crippen LogP contribution in [0.5, 0.6) is 0 Å². The van der Waals surface area contributed by atoms with Crippen LogP contribution in [0, 0.1) is 5.82 Å². The molecule has 4 amide bonds. The lowest BCUT2D eigenvalue weighted by molar-refractivity contribution is -0.135. The van der Waals surface area contributed by atoms with Crippen molar-refractivity contribution in [1.29, 1.82) is 0 Å². The Kier molecular flexibility index (Phi) is 5.73. The average Bonchev–Trinajstić information content (AvgIpc) is 2.80. The van der Waals surface area contributed by atoms with Crippen molar-refractivity contribution in [2.75, 3.05) is 20.3 Å². The number of carbonyl (C=O) groups is 3. The van der Waals surface area contributed by atoms with E-state index in [2.05, 4.69) is 10.6 Å². The number of halogens is 1. The maximum Gasteiger partial charge on any atom is 0.325 e. The molecule has 1 fully saturated rings. The fraction of sp³-hybridized carbons (Fsp3) is 0.471. The number of nitrogens with one attached hydrogen (secondary N) is 2. The second-order valence-electron chi connectivity index (χ2n) is 6.01. The van der Waals surface area contributed by atoms with E-state index in [1.54, 1.807) is 13.8 Å². The summed E-state index contributed by atoms with van der Waals surface area (Å²) in [5, 5.41) is 5.30. The number of benzene rings is 1. The Morgan fingerprint density at radius 2 is 2.00 bits per heavy atom. The number of imide groups is 1. The number of amides is 4. The van der Waals surface area contributed by atoms with Gasteiger partial charge in [-0.1, -0.05) is 19.1 Å². The normalized spacial score (nSPS) is 21.2. The van der Waals surface area contributed by atoms with E-state index in [-0.39, 0.29) is 19.0 Å². The van der Waals surface area contributed by atoms with Crippen molar-refractivity contribution < 1.29 is 23.5 Å². The minimum Gasteiger partial charge on any atom is -0.383 e. The van der Waals surface area contributed by atoms with Crippen molar-refractivity contribution in [3.63, 3.8) is 0 Å². The fourth-order valence-electron chi connectivity index (χ4n) is 2.90. The van der Waals surface area contributed by atoms with E-state index < -0.39 is 29.2 Å². The molecule has 0 radical (unpaired) electrons. The summed E-state index contributed by atoms with van der Waals surface area (Å²) in [5.74, 6) is -1.42. The van der Waals surface area contributed by atoms with Crippen molar-refractivity contribution in [2.24, 2.45) is 0 Å². The topological polar surface area (TPSA) is 87.7 Å². The van der Waals surface area contributed by atoms with Crippen LogP contribution in [0.1, 0.15) is 25.8 Å². The van der Waals surface area contributed by atoms with Gasteiger partial charge in [0, 0.05) is 13.2 Å². The Balaban J connectivity index is 2.17. The summed E-state index contributed by atoms with van der Waals surface area (Å²) in [6, 6.07) is 4.49. The highest BCUT2D eigenvalue weighted by Gasteiger charge is 2.51. The fourth-order valence-corrected chi connectivity index (χ4v) is 2.90. The number of nitrogens with zero attached hydrogens (tertiary/aromatic N) is 1. The smallest absolute Gasteiger partial charge is 0.325 e. The zero-order valence-electron chi connectivity index (χ0n) is 14.5. The van der Waals surface area contributed by atoms with Crippen LogP contribution in [0.25, 0.3) is 0 Å². The van der Waals surface area contributed by atoms with Crippen LogP contribution in [0.15, 0.2) is 24.3 Å². The van der Waals surface area contributed by atoms with Crippen molar-refractivity contribution in [3.8, 4) is 0 Å². The molecule has 2 N–H and O–H groups in total. The van der Waals surface area contributed by atoms with Gasteiger partial charge in [-0.15, -0.1) is 0 Å². The van der Waals surface area contributed by atoms with Crippen LogP contribution in [0.4, 0.5) is 9.18 Å². The van der Waals surface area contributed by atoms with Crippen molar-refractivity contribution in [3.05, 3.63) is 35.6 Å². The second kappa shape index (κ2) is 7.60. The van der Waals surface area contributed by atoms with E-state index in [1.807, 2.05) is 0 Å². The SMILES string of the molecule is CC[C@]1(c2ccc(F)cc2)NC(=O)N(CC(=O)N[C@H](C)COC)C1=O. The monoisotopic (exact) mass is 351 g/mol. The van der Waals surface area contributed by atoms with Gasteiger partial charge < -0.3 is 15.4 Å². The molecule has 2 rings (SSSR count). The molecule has 1 aromatic rings. The Labute approximate surface area is 145 Å². The van der Waals surface area contributed by atoms with E-state index >= 15 is 0 Å². The summed E-state index contributed by atoms with van der Waals surface area (Å²) in [6.45, 7) is 3.43. The van der Waals surface area contributed by atoms with Crippen LogP contribution in [-0.2, 0) is 19.9 Å². The van der Waals surface area contributed by atoms with Gasteiger partial charge in [0.15, 0.2) is 0 Å². The van der Waals surface area contributed by atoms with Gasteiger partial charge in [0.1, 0.15) is 17.9 Å². The Morgan fingerprint density at radius 1 is 1.36 bits per heavy atom. The predicted octanol–water partition coefficient (Wildman–Crippen LogP) is 1.13. The molecule has 0 saturated carbocycles. The van der Waals surface area contributed by atoms with E-state index in [1.165, 1.54) is 31.4 Å². The highest BCUT2D eigenvalue weighted by molar-refractivity contribution is 6.09. The van der Waals surface area contributed by atoms with Gasteiger partial charge in [0.25, 0.3) is 5.91 Å². The zero-order chi connectivity index (χ0) is 18.6. The van der Waals surface area contributed by atoms with E-state index in [0.717, 1.165) is 4.90 Å². The lowest BCUT2D eigenvalue weighted by Crippen LogP contribution is -2.46. The van der Waals surface area contributed by atoms with Gasteiger partial charge in [0.05, 0.1) is 6.61 Å². The Bertz CT molecular complexity index is 664. The summed E-state index contributed by atoms with van der Waals surface area (Å²) in [7, 11) is 1.51. The number of ether oxygens (including phenoxy) is 1. The molecule has 1 aliphatic heterocycles. The van der Waals surface area contributed by atoms with Crippen LogP contribution >= 0.6 is 0 Å². The van der Waals surface area contributed by atoms with Crippen molar-refractivity contribution in [2.45, 2.75) is 31.8 Å². The largest absolute Gasteiger partial charge is 0.383 e. The highest BCUT2D eigenvalue weighted by Crippen LogP contribution is 2.32. The molecular formula is C17H22FN3O4. The third-order valence-electron chi connectivity index (χ3n) is 4.17. The molecule has 1 aromatic carbocycles. The van der Waals surface area contributed by atoms with Gasteiger partial charge in [-0.25, -0.2) is 9.18 Å². The Morgan fingerprint density at radius 3 is 2.56 bits per heavy atom. The van der Waals surface area contributed by atoms with Crippen molar-refractivity contribution >= 4 is 17.8 Å². The third kappa shape index (κ3) is 3.79. The molecule has 136 valence electrons. The zero-order valence-corrected chi connectivity index (χ0v) is 14.5. The highest BCUT2D eigenvalue weighted by atomic mass is 19.1. The lowest BCUT2D eigenvalue weighted by Gasteiger charge is -2.25. The molecule has 0 unspecified atom stereocenters. The van der Waals surface area contributed by atoms with E-state index in [4.69, 9.17) is 4.74 Å². The molecule has 25 heavy (non-hydrogen) atoms. The number of rotatable bonds is 7. The van der Waals surface area contributed by atoms with Crippen LogP contribution in [0.3, 0.4) is 0 Å². The third-order valence-corrected chi connectivity index (χ3v) is 4.17. The molecule has 0 bridgehead atoms. The Hall–Kier alpha value is -2.48. The number of urea groups is 1. The standard InChI is InChI=1S/C17H22FN3O4/c1-4-17(12-5-7-13(18)8-6-12)15(23)21(16(24)20-17)9-14(22)19-11(2)10-25-3/h5-8,11H,4,9-10H2,1-3H3,(H,19,22)(H,20,24)/t11-,17-/m1/s1. The summed E-state index contributed by atoms with van der Waals surface area (Å²) in [4.78, 5) is 38.0. The molecule has 0 spiro atoms. The van der Waals surface area contributed by atoms with Crippen LogP contribution in [-0.4, -0.2) is 49.0 Å². The summed E-state index contributed by atoms with van der Waals surface area (Å²) in [5.41, 5.74) is -0.811. The first kappa shape index (κ1) is 18.9. The molecule has 1 saturated heterocycles. The first-order chi connectivity index (χ1) is 11.8. The predicted molar refractivity (Wildman–Crippen MR) is 88.1 cm³/mol. The maximum atomic E-state index is 13.2. The molecule has 0 aliphatic carbocycles. The number of hydrogen-bond donors (Lipinski definition) is 2. The van der Waals surface area contributed by atoms with E-state index in [9.17, 15) is 18.8 Å². The lowest BCUT2D eigenvalue weighted by atomic mass is 9.87. The molecule has 7 nitrogen and oxygen atoms in total. The molecule has 1 aliphatic rings. The molecule has 8 heteroatoms. The summed E-state index contributed by atoms with van der Waals surface area (Å²) in [6.07, 6.45) is 0.279. The van der Waals surface area contributed by atoms with Gasteiger partial charge in [-0.05, 0) is 31.0 Å². The quantitative estimate of drug-likeness (QED) is 0.721. The van der Waals surface area contributed by atoms with Gasteiger partial charge in [0.2, 0.25) is 5.91 Å². The molecule has 1 heterocycles. The van der Waals surface area contributed by atoms with Crippen molar-refractivity contribution in [1.82, 2.24) is 15.5 Å². The minimum atomic E-state index is -1.29. The van der Waals surface area contributed by atoms with Crippen LogP contribution < -0.4 is 10.6 Å². The maximum absolute atomic E-state index is 13.2. The second-order valence-corrected chi connectivity index (χ2v) is 6.01. The van der Waals surface area contributed by atoms with Gasteiger partial charge >= 0.3 is 6.03 Å². The van der Waals surface area contributed by atoms with E-state index in [0.29, 0.717) is 12.2 Å².